The molecule has 0 fully saturated rings. The van der Waals surface area contributed by atoms with Gasteiger partial charge in [0.1, 0.15) is 0 Å². The number of hydrogen-bond acceptors (Lipinski definition) is 7. The van der Waals surface area contributed by atoms with E-state index < -0.39 is 6.09 Å². The van der Waals surface area contributed by atoms with Gasteiger partial charge in [0, 0.05) is 62.4 Å². The van der Waals surface area contributed by atoms with E-state index in [1.165, 1.54) is 7.11 Å². The fraction of sp³-hybridized carbons (Fsp3) is 0.259. The number of amides is 2. The van der Waals surface area contributed by atoms with Crippen molar-refractivity contribution in [3.05, 3.63) is 71.3 Å². The second kappa shape index (κ2) is 10.8. The van der Waals surface area contributed by atoms with E-state index >= 15 is 0 Å². The summed E-state index contributed by atoms with van der Waals surface area (Å²) in [5.41, 5.74) is 6.32. The average molecular weight is 506 g/mol. The number of alkyl carbamates (subject to hydrolysis) is 1. The van der Waals surface area contributed by atoms with Crippen LogP contribution in [-0.2, 0) is 17.8 Å². The van der Waals surface area contributed by atoms with Crippen LogP contribution in [0, 0.1) is 0 Å². The highest BCUT2D eigenvalue weighted by Crippen LogP contribution is 2.48. The van der Waals surface area contributed by atoms with Crippen LogP contribution >= 0.6 is 11.8 Å². The van der Waals surface area contributed by atoms with Crippen LogP contribution in [0.15, 0.2) is 64.4 Å². The third-order valence-electron chi connectivity index (χ3n) is 5.88. The normalized spacial score (nSPS) is 11.5. The third kappa shape index (κ3) is 5.68. The first-order valence-corrected chi connectivity index (χ1v) is 12.4. The van der Waals surface area contributed by atoms with E-state index in [-0.39, 0.29) is 5.91 Å². The quantitative estimate of drug-likeness (QED) is 0.332. The third-order valence-corrected chi connectivity index (χ3v) is 6.98. The van der Waals surface area contributed by atoms with Crippen LogP contribution in [0.25, 0.3) is 0 Å². The molecule has 0 atom stereocenters. The van der Waals surface area contributed by atoms with Crippen molar-refractivity contribution in [3.63, 3.8) is 0 Å². The molecule has 0 spiro atoms. The van der Waals surface area contributed by atoms with E-state index in [0.29, 0.717) is 18.7 Å². The molecule has 0 unspecified atom stereocenters. The van der Waals surface area contributed by atoms with Gasteiger partial charge in [-0.3, -0.25) is 4.79 Å². The summed E-state index contributed by atoms with van der Waals surface area (Å²) in [6.07, 6.45) is -0.482. The van der Waals surface area contributed by atoms with Gasteiger partial charge < -0.3 is 30.5 Å². The topological polar surface area (TPSA) is 85.9 Å². The minimum absolute atomic E-state index is 0.158. The summed E-state index contributed by atoms with van der Waals surface area (Å²) in [6.45, 7) is 0.713. The predicted molar refractivity (Wildman–Crippen MR) is 146 cm³/mol. The fourth-order valence-corrected chi connectivity index (χ4v) is 4.94. The largest absolute Gasteiger partial charge is 0.453 e. The van der Waals surface area contributed by atoms with E-state index in [4.69, 9.17) is 0 Å². The lowest BCUT2D eigenvalue weighted by Crippen LogP contribution is -2.25. The number of carbonyl (C=O) groups is 2. The summed E-state index contributed by atoms with van der Waals surface area (Å²) in [5, 5.41) is 9.22. The summed E-state index contributed by atoms with van der Waals surface area (Å²) < 4.78 is 4.62. The predicted octanol–water partition coefficient (Wildman–Crippen LogP) is 4.81. The molecular weight excluding hydrogens is 474 g/mol. The van der Waals surface area contributed by atoms with E-state index in [2.05, 4.69) is 49.9 Å². The maximum absolute atomic E-state index is 13.4. The Morgan fingerprint density at radius 1 is 0.861 bits per heavy atom. The molecule has 9 heteroatoms. The van der Waals surface area contributed by atoms with Crippen LogP contribution in [0.3, 0.4) is 0 Å². The highest BCUT2D eigenvalue weighted by Gasteiger charge is 2.24. The second-order valence-electron chi connectivity index (χ2n) is 8.91. The smallest absolute Gasteiger partial charge is 0.407 e. The van der Waals surface area contributed by atoms with E-state index in [1.54, 1.807) is 11.8 Å². The summed E-state index contributed by atoms with van der Waals surface area (Å²) in [5.74, 6) is -0.158. The zero-order valence-corrected chi connectivity index (χ0v) is 22.0. The fourth-order valence-electron chi connectivity index (χ4n) is 3.85. The van der Waals surface area contributed by atoms with Crippen molar-refractivity contribution in [1.29, 1.82) is 0 Å². The summed E-state index contributed by atoms with van der Waals surface area (Å²) >= 11 is 1.66. The van der Waals surface area contributed by atoms with Crippen LogP contribution in [0.2, 0.25) is 0 Å². The molecule has 3 N–H and O–H groups in total. The SMILES string of the molecule is COC(=O)NCc1cccc(CNC(=O)c2cc(N(C)C)cc3c2Nc2ccc(N(C)C)cc2S3)c1. The molecule has 0 bridgehead atoms. The van der Waals surface area contributed by atoms with E-state index in [9.17, 15) is 9.59 Å². The van der Waals surface area contributed by atoms with Gasteiger partial charge in [0.25, 0.3) is 5.91 Å². The molecule has 3 aromatic carbocycles. The van der Waals surface area contributed by atoms with Crippen LogP contribution in [0.1, 0.15) is 21.5 Å². The van der Waals surface area contributed by atoms with Gasteiger partial charge in [0.2, 0.25) is 0 Å². The number of nitrogens with one attached hydrogen (secondary N) is 3. The Morgan fingerprint density at radius 2 is 1.53 bits per heavy atom. The second-order valence-corrected chi connectivity index (χ2v) is 9.99. The number of anilines is 4. The van der Waals surface area contributed by atoms with Gasteiger partial charge in [-0.2, -0.15) is 0 Å². The molecule has 0 saturated carbocycles. The van der Waals surface area contributed by atoms with Gasteiger partial charge >= 0.3 is 6.09 Å². The Morgan fingerprint density at radius 3 is 2.19 bits per heavy atom. The van der Waals surface area contributed by atoms with E-state index in [1.807, 2.05) is 63.4 Å². The lowest BCUT2D eigenvalue weighted by atomic mass is 10.1. The molecule has 8 nitrogen and oxygen atoms in total. The van der Waals surface area contributed by atoms with Gasteiger partial charge in [0.05, 0.1) is 24.0 Å². The molecule has 3 aromatic rings. The highest BCUT2D eigenvalue weighted by atomic mass is 32.2. The minimum Gasteiger partial charge on any atom is -0.453 e. The van der Waals surface area contributed by atoms with E-state index in [0.717, 1.165) is 43.7 Å². The van der Waals surface area contributed by atoms with Crippen molar-refractivity contribution in [1.82, 2.24) is 10.6 Å². The van der Waals surface area contributed by atoms with Gasteiger partial charge in [-0.15, -0.1) is 0 Å². The lowest BCUT2D eigenvalue weighted by Gasteiger charge is -2.26. The molecule has 2 amide bonds. The Hall–Kier alpha value is -3.85. The Balaban J connectivity index is 1.55. The average Bonchev–Trinajstić information content (AvgIpc) is 2.88. The molecule has 0 saturated heterocycles. The van der Waals surface area contributed by atoms with Crippen LogP contribution in [-0.4, -0.2) is 47.3 Å². The Bertz CT molecular complexity index is 1290. The van der Waals surface area contributed by atoms with Crippen LogP contribution in [0.4, 0.5) is 27.5 Å². The number of fused-ring (bicyclic) bond motifs is 2. The molecule has 0 radical (unpaired) electrons. The van der Waals surface area contributed by atoms with Crippen molar-refractivity contribution < 1.29 is 14.3 Å². The highest BCUT2D eigenvalue weighted by molar-refractivity contribution is 7.99. The molecule has 1 aliphatic rings. The van der Waals surface area contributed by atoms with Crippen molar-refractivity contribution >= 4 is 46.5 Å². The van der Waals surface area contributed by atoms with Crippen molar-refractivity contribution in [2.45, 2.75) is 22.9 Å². The monoisotopic (exact) mass is 505 g/mol. The molecule has 1 heterocycles. The van der Waals surface area contributed by atoms with Gasteiger partial charge in [0.15, 0.2) is 0 Å². The first kappa shape index (κ1) is 25.2. The molecule has 188 valence electrons. The molecule has 36 heavy (non-hydrogen) atoms. The zero-order valence-electron chi connectivity index (χ0n) is 21.1. The van der Waals surface area contributed by atoms with Crippen LogP contribution < -0.4 is 25.8 Å². The first-order valence-electron chi connectivity index (χ1n) is 11.5. The number of benzene rings is 3. The molecule has 0 aliphatic carbocycles. The Labute approximate surface area is 216 Å². The molecule has 1 aliphatic heterocycles. The standard InChI is InChI=1S/C27H31N5O3S/c1-31(2)19-9-10-22-23(13-19)36-24-14-20(32(3)4)12-21(25(24)30-22)26(33)28-15-17-7-6-8-18(11-17)16-29-27(34)35-5/h6-14,30H,15-16H2,1-5H3,(H,28,33)(H,29,34). The number of carbonyl (C=O) groups excluding carboxylic acids is 2. The van der Waals surface area contributed by atoms with Crippen molar-refractivity contribution in [3.8, 4) is 0 Å². The first-order chi connectivity index (χ1) is 17.2. The summed E-state index contributed by atoms with van der Waals surface area (Å²) in [4.78, 5) is 31.0. The number of ether oxygens (including phenoxy) is 1. The van der Waals surface area contributed by atoms with Crippen molar-refractivity contribution in [2.24, 2.45) is 0 Å². The number of methoxy groups -OCH3 is 1. The molecule has 0 aromatic heterocycles. The lowest BCUT2D eigenvalue weighted by molar-refractivity contribution is 0.0951. The summed E-state index contributed by atoms with van der Waals surface area (Å²) in [6, 6.07) is 18.0. The van der Waals surface area contributed by atoms with Gasteiger partial charge in [-0.1, -0.05) is 36.0 Å². The zero-order chi connectivity index (χ0) is 25.8. The Kier molecular flexibility index (Phi) is 7.59. The minimum atomic E-state index is -0.482. The van der Waals surface area contributed by atoms with Gasteiger partial charge in [-0.05, 0) is 41.5 Å². The maximum Gasteiger partial charge on any atom is 0.407 e. The maximum atomic E-state index is 13.4. The summed E-state index contributed by atoms with van der Waals surface area (Å²) in [7, 11) is 9.31. The number of rotatable bonds is 7. The van der Waals surface area contributed by atoms with Crippen LogP contribution in [0.5, 0.6) is 0 Å². The van der Waals surface area contributed by atoms with Crippen molar-refractivity contribution in [2.75, 3.05) is 50.4 Å². The molecular formula is C27H31N5O3S. The number of nitrogens with zero attached hydrogens (tertiary/aromatic N) is 2. The molecule has 4 rings (SSSR count). The number of hydrogen-bond donors (Lipinski definition) is 3. The van der Waals surface area contributed by atoms with Gasteiger partial charge in [-0.25, -0.2) is 4.79 Å².